The third kappa shape index (κ3) is 3.31. The summed E-state index contributed by atoms with van der Waals surface area (Å²) in [6, 6.07) is 2.40. The second-order valence-corrected chi connectivity index (χ2v) is 6.10. The van der Waals surface area contributed by atoms with Gasteiger partial charge in [-0.15, -0.1) is 0 Å². The fraction of sp³-hybridized carbons (Fsp3) is 0.500. The highest BCUT2D eigenvalue weighted by atomic mass is 32.2. The van der Waals surface area contributed by atoms with Crippen LogP contribution in [0.3, 0.4) is 0 Å². The largest absolute Gasteiger partial charge is 0.447 e. The van der Waals surface area contributed by atoms with Crippen LogP contribution in [0, 0.1) is 0 Å². The van der Waals surface area contributed by atoms with E-state index in [1.54, 1.807) is 6.92 Å². The lowest BCUT2D eigenvalue weighted by Crippen LogP contribution is -2.38. The van der Waals surface area contributed by atoms with E-state index in [1.165, 1.54) is 26.2 Å². The van der Waals surface area contributed by atoms with Crippen molar-refractivity contribution in [1.82, 2.24) is 9.62 Å². The van der Waals surface area contributed by atoms with Gasteiger partial charge in [-0.1, -0.05) is 0 Å². The number of nitrogens with two attached hydrogens (primary N) is 1. The van der Waals surface area contributed by atoms with Crippen molar-refractivity contribution >= 4 is 15.9 Å². The summed E-state index contributed by atoms with van der Waals surface area (Å²) in [5, 5.41) is 2.69. The van der Waals surface area contributed by atoms with Crippen LogP contribution < -0.4 is 11.1 Å². The summed E-state index contributed by atoms with van der Waals surface area (Å²) in [6.45, 7) is 1.84. The third-order valence-electron chi connectivity index (χ3n) is 2.38. The predicted octanol–water partition coefficient (Wildman–Crippen LogP) is -0.507. The maximum absolute atomic E-state index is 11.7. The first-order valence-electron chi connectivity index (χ1n) is 5.29. The van der Waals surface area contributed by atoms with E-state index in [0.717, 1.165) is 4.31 Å². The lowest BCUT2D eigenvalue weighted by Gasteiger charge is -2.09. The number of nitrogens with zero attached hydrogens (tertiary/aromatic N) is 1. The minimum absolute atomic E-state index is 0.129. The number of carbonyl (C=O) groups is 1. The maximum atomic E-state index is 11.7. The molecule has 0 bridgehead atoms. The zero-order chi connectivity index (χ0) is 13.9. The lowest BCUT2D eigenvalue weighted by atomic mass is 10.3. The molecular formula is C10H17N3O4S. The molecule has 0 spiro atoms. The number of sulfonamides is 1. The number of rotatable bonds is 6. The van der Waals surface area contributed by atoms with Gasteiger partial charge >= 0.3 is 0 Å². The van der Waals surface area contributed by atoms with E-state index in [1.807, 2.05) is 0 Å². The highest BCUT2D eigenvalue weighted by molar-refractivity contribution is 7.88. The summed E-state index contributed by atoms with van der Waals surface area (Å²) in [5.74, 6) is -0.0637. The Balaban J connectivity index is 2.73. The number of primary amides is 1. The summed E-state index contributed by atoms with van der Waals surface area (Å²) in [5.41, 5.74) is 5.08. The van der Waals surface area contributed by atoms with Crippen molar-refractivity contribution in [3.05, 3.63) is 17.9 Å². The molecule has 0 aliphatic heterocycles. The molecule has 0 aliphatic rings. The molecule has 1 heterocycles. The molecule has 0 saturated heterocycles. The van der Waals surface area contributed by atoms with Crippen molar-refractivity contribution in [3.8, 4) is 0 Å². The zero-order valence-corrected chi connectivity index (χ0v) is 11.3. The molecule has 0 aromatic carbocycles. The second kappa shape index (κ2) is 5.51. The Hall–Kier alpha value is -1.38. The Labute approximate surface area is 106 Å². The molecule has 8 heteroatoms. The predicted molar refractivity (Wildman–Crippen MR) is 65.1 cm³/mol. The number of amides is 1. The number of hydrogen-bond acceptors (Lipinski definition) is 5. The molecule has 7 nitrogen and oxygen atoms in total. The molecule has 3 N–H and O–H groups in total. The molecule has 1 atom stereocenters. The van der Waals surface area contributed by atoms with Gasteiger partial charge in [-0.05, 0) is 19.1 Å². The maximum Gasteiger partial charge on any atom is 0.275 e. The van der Waals surface area contributed by atoms with Crippen molar-refractivity contribution in [2.75, 3.05) is 14.1 Å². The molecule has 0 aliphatic carbocycles. The SMILES string of the molecule is CC(NCc1ccc(S(=O)(=O)N(C)C)o1)C(N)=O. The average Bonchev–Trinajstić information content (AvgIpc) is 2.74. The lowest BCUT2D eigenvalue weighted by molar-refractivity contribution is -0.119. The van der Waals surface area contributed by atoms with Gasteiger partial charge < -0.3 is 10.2 Å². The van der Waals surface area contributed by atoms with E-state index >= 15 is 0 Å². The fourth-order valence-electron chi connectivity index (χ4n) is 1.13. The molecule has 1 rings (SSSR count). The van der Waals surface area contributed by atoms with E-state index < -0.39 is 22.0 Å². The number of nitrogens with one attached hydrogen (secondary N) is 1. The van der Waals surface area contributed by atoms with Gasteiger partial charge in [0.15, 0.2) is 0 Å². The van der Waals surface area contributed by atoms with Gasteiger partial charge in [0.1, 0.15) is 5.76 Å². The van der Waals surface area contributed by atoms with E-state index in [9.17, 15) is 13.2 Å². The van der Waals surface area contributed by atoms with Crippen LogP contribution in [0.5, 0.6) is 0 Å². The molecular weight excluding hydrogens is 258 g/mol. The van der Waals surface area contributed by atoms with Crippen LogP contribution in [0.4, 0.5) is 0 Å². The van der Waals surface area contributed by atoms with E-state index in [-0.39, 0.29) is 11.6 Å². The van der Waals surface area contributed by atoms with Gasteiger partial charge in [-0.3, -0.25) is 10.1 Å². The molecule has 1 amide bonds. The summed E-state index contributed by atoms with van der Waals surface area (Å²) >= 11 is 0. The van der Waals surface area contributed by atoms with E-state index in [0.29, 0.717) is 5.76 Å². The molecule has 18 heavy (non-hydrogen) atoms. The Kier molecular flexibility index (Phi) is 4.49. The number of hydrogen-bond donors (Lipinski definition) is 2. The van der Waals surface area contributed by atoms with Crippen molar-refractivity contribution < 1.29 is 17.6 Å². The third-order valence-corrected chi connectivity index (χ3v) is 4.07. The minimum Gasteiger partial charge on any atom is -0.447 e. The Morgan fingerprint density at radius 2 is 2.11 bits per heavy atom. The van der Waals surface area contributed by atoms with Crippen molar-refractivity contribution in [3.63, 3.8) is 0 Å². The zero-order valence-electron chi connectivity index (χ0n) is 10.5. The van der Waals surface area contributed by atoms with Gasteiger partial charge in [0.25, 0.3) is 10.0 Å². The number of furan rings is 1. The summed E-state index contributed by atoms with van der Waals surface area (Å²) in [6.07, 6.45) is 0. The van der Waals surface area contributed by atoms with Crippen molar-refractivity contribution in [2.24, 2.45) is 5.73 Å². The Morgan fingerprint density at radius 1 is 1.50 bits per heavy atom. The fourth-order valence-corrected chi connectivity index (χ4v) is 1.94. The molecule has 0 saturated carbocycles. The van der Waals surface area contributed by atoms with E-state index in [4.69, 9.17) is 10.2 Å². The van der Waals surface area contributed by atoms with Gasteiger partial charge in [0, 0.05) is 14.1 Å². The number of carbonyl (C=O) groups excluding carboxylic acids is 1. The van der Waals surface area contributed by atoms with Gasteiger partial charge in [-0.25, -0.2) is 12.7 Å². The molecule has 1 unspecified atom stereocenters. The Morgan fingerprint density at radius 3 is 2.61 bits per heavy atom. The van der Waals surface area contributed by atoms with Crippen LogP contribution >= 0.6 is 0 Å². The van der Waals surface area contributed by atoms with Crippen molar-refractivity contribution in [2.45, 2.75) is 24.6 Å². The first-order valence-corrected chi connectivity index (χ1v) is 6.73. The molecule has 1 aromatic heterocycles. The normalized spacial score (nSPS) is 13.8. The topological polar surface area (TPSA) is 106 Å². The van der Waals surface area contributed by atoms with Crippen LogP contribution in [-0.4, -0.2) is 38.8 Å². The first-order chi connectivity index (χ1) is 8.25. The van der Waals surface area contributed by atoms with Gasteiger partial charge in [-0.2, -0.15) is 0 Å². The van der Waals surface area contributed by atoms with Crippen LogP contribution in [0.2, 0.25) is 0 Å². The van der Waals surface area contributed by atoms with Crippen LogP contribution in [0.25, 0.3) is 0 Å². The summed E-state index contributed by atoms with van der Waals surface area (Å²) < 4.78 is 29.7. The van der Waals surface area contributed by atoms with Crippen LogP contribution in [0.1, 0.15) is 12.7 Å². The summed E-state index contributed by atoms with van der Waals surface area (Å²) in [7, 11) is -0.721. The molecule has 0 radical (unpaired) electrons. The average molecular weight is 275 g/mol. The monoisotopic (exact) mass is 275 g/mol. The standard InChI is InChI=1S/C10H17N3O4S/c1-7(10(11)14)12-6-8-4-5-9(17-8)18(15,16)13(2)3/h4-5,7,12H,6H2,1-3H3,(H2,11,14). The van der Waals surface area contributed by atoms with Gasteiger partial charge in [0.05, 0.1) is 12.6 Å². The van der Waals surface area contributed by atoms with Crippen LogP contribution in [0.15, 0.2) is 21.6 Å². The highest BCUT2D eigenvalue weighted by Gasteiger charge is 2.21. The van der Waals surface area contributed by atoms with Crippen molar-refractivity contribution in [1.29, 1.82) is 0 Å². The Bertz CT molecular complexity index is 521. The molecule has 102 valence electrons. The first kappa shape index (κ1) is 14.7. The smallest absolute Gasteiger partial charge is 0.275 e. The van der Waals surface area contributed by atoms with Gasteiger partial charge in [0.2, 0.25) is 11.0 Å². The van der Waals surface area contributed by atoms with E-state index in [2.05, 4.69) is 5.32 Å². The second-order valence-electron chi connectivity index (χ2n) is 4.01. The quantitative estimate of drug-likeness (QED) is 0.727. The highest BCUT2D eigenvalue weighted by Crippen LogP contribution is 2.16. The van der Waals surface area contributed by atoms with Crippen LogP contribution in [-0.2, 0) is 21.4 Å². The molecule has 0 fully saturated rings. The minimum atomic E-state index is -3.56. The molecule has 1 aromatic rings. The summed E-state index contributed by atoms with van der Waals surface area (Å²) in [4.78, 5) is 10.8.